The lowest BCUT2D eigenvalue weighted by molar-refractivity contribution is -0.144. The normalized spacial score (nSPS) is 19.1. The number of nitrogens with zero attached hydrogens (tertiary/aromatic N) is 4. The number of rotatable bonds is 8. The molecule has 22 heteroatoms. The van der Waals surface area contributed by atoms with E-state index in [9.17, 15) is 71.1 Å². The molecule has 0 aromatic heterocycles. The van der Waals surface area contributed by atoms with Gasteiger partial charge < -0.3 is 29.1 Å². The Morgan fingerprint density at radius 1 is 0.529 bits per heavy atom. The number of amides is 4. The first-order chi connectivity index (χ1) is 32.4. The van der Waals surface area contributed by atoms with Crippen molar-refractivity contribution in [2.45, 2.75) is 102 Å². The second-order valence-corrected chi connectivity index (χ2v) is 17.3. The molecule has 70 heavy (non-hydrogen) atoms. The topological polar surface area (TPSA) is 65.6 Å². The highest BCUT2D eigenvalue weighted by Gasteiger charge is 2.41. The Hall–Kier alpha value is -5.64. The molecule has 0 saturated carbocycles. The van der Waals surface area contributed by atoms with E-state index in [1.165, 1.54) is 62.4 Å². The molecule has 384 valence electrons. The first-order valence-corrected chi connectivity index (χ1v) is 21.6. The Morgan fingerprint density at radius 2 is 0.829 bits per heavy atom. The quantitative estimate of drug-likeness (QED) is 0.165. The molecule has 6 rings (SSSR count). The molecule has 0 spiro atoms. The number of carbonyl (C=O) groups excluding carboxylic acids is 2. The molecule has 2 aliphatic rings. The van der Waals surface area contributed by atoms with Crippen LogP contribution in [-0.2, 0) is 47.3 Å². The Balaban J connectivity index is 0.000000261. The van der Waals surface area contributed by atoms with Crippen molar-refractivity contribution < 1.29 is 80.5 Å². The van der Waals surface area contributed by atoms with Gasteiger partial charge in [-0.3, -0.25) is 0 Å². The van der Waals surface area contributed by atoms with Gasteiger partial charge in [0.25, 0.3) is 0 Å². The molecule has 2 fully saturated rings. The summed E-state index contributed by atoms with van der Waals surface area (Å²) >= 11 is 0. The molecular weight excluding hydrogens is 963 g/mol. The van der Waals surface area contributed by atoms with Crippen LogP contribution in [0.25, 0.3) is 0 Å². The second kappa shape index (κ2) is 21.8. The minimum atomic E-state index is -4.98. The van der Waals surface area contributed by atoms with Gasteiger partial charge in [0, 0.05) is 54.5 Å². The third-order valence-electron chi connectivity index (χ3n) is 12.2. The fraction of sp³-hybridized carbons (Fsp3) is 0.458. The highest BCUT2D eigenvalue weighted by Crippen LogP contribution is 2.40. The van der Waals surface area contributed by atoms with Crippen molar-refractivity contribution in [3.05, 3.63) is 140 Å². The first-order valence-electron chi connectivity index (χ1n) is 21.6. The van der Waals surface area contributed by atoms with Crippen LogP contribution in [0.15, 0.2) is 72.8 Å². The summed E-state index contributed by atoms with van der Waals surface area (Å²) in [7, 11) is 5.70. The van der Waals surface area contributed by atoms with Crippen molar-refractivity contribution >= 4 is 12.1 Å². The van der Waals surface area contributed by atoms with Gasteiger partial charge >= 0.3 is 36.8 Å². The zero-order valence-corrected chi connectivity index (χ0v) is 38.6. The van der Waals surface area contributed by atoms with Crippen molar-refractivity contribution in [1.82, 2.24) is 19.6 Å². The van der Waals surface area contributed by atoms with Crippen LogP contribution in [0.2, 0.25) is 0 Å². The maximum atomic E-state index is 13.6. The average molecular weight is 1010 g/mol. The summed E-state index contributed by atoms with van der Waals surface area (Å²) in [6.07, 6.45) is -18.5. The van der Waals surface area contributed by atoms with E-state index < -0.39 is 95.8 Å². The van der Waals surface area contributed by atoms with Crippen LogP contribution >= 0.6 is 0 Å². The van der Waals surface area contributed by atoms with E-state index in [2.05, 4.69) is 0 Å². The van der Waals surface area contributed by atoms with E-state index in [0.717, 1.165) is 9.80 Å². The van der Waals surface area contributed by atoms with Crippen molar-refractivity contribution in [3.63, 3.8) is 0 Å². The largest absolute Gasteiger partial charge is 0.416 e. The predicted molar refractivity (Wildman–Crippen MR) is 228 cm³/mol. The van der Waals surface area contributed by atoms with Gasteiger partial charge in [0.15, 0.2) is 0 Å². The van der Waals surface area contributed by atoms with Gasteiger partial charge in [-0.05, 0) is 134 Å². The fourth-order valence-electron chi connectivity index (χ4n) is 8.71. The summed E-state index contributed by atoms with van der Waals surface area (Å²) < 4.78 is 197. The molecule has 0 aliphatic carbocycles. The van der Waals surface area contributed by atoms with Crippen molar-refractivity contribution in [2.75, 3.05) is 41.4 Å². The smallest absolute Gasteiger partial charge is 0.381 e. The molecule has 2 heterocycles. The Morgan fingerprint density at radius 3 is 1.09 bits per heavy atom. The summed E-state index contributed by atoms with van der Waals surface area (Å²) in [5.74, 6) is -0.879. The van der Waals surface area contributed by atoms with Crippen molar-refractivity contribution in [1.29, 1.82) is 0 Å². The number of methoxy groups -OCH3 is 2. The molecule has 8 nitrogen and oxygen atoms in total. The third kappa shape index (κ3) is 13.8. The van der Waals surface area contributed by atoms with Crippen LogP contribution in [0.5, 0.6) is 0 Å². The van der Waals surface area contributed by atoms with E-state index in [1.807, 2.05) is 0 Å². The number of alkyl halides is 12. The SMILES string of the molecule is CO[C@@H]1CCN(C(=O)N(C)Cc2cc(C(F)(F)F)cc(C(F)(F)F)c2)[C@H](c2ccc(F)cc2C)C1.CO[C@H]1CCN(C(=O)N(C)Cc2cc(C(F)(F)F)cc(C(F)(F)F)c2)[C@@H](c2ccc(F)cc2C)C1. The van der Waals surface area contributed by atoms with Gasteiger partial charge in [0.1, 0.15) is 11.6 Å². The molecule has 4 amide bonds. The molecule has 0 N–H and O–H groups in total. The van der Waals surface area contributed by atoms with Crippen molar-refractivity contribution in [2.24, 2.45) is 0 Å². The Kier molecular flexibility index (Phi) is 17.2. The van der Waals surface area contributed by atoms with E-state index >= 15 is 0 Å². The number of aryl methyl sites for hydroxylation is 2. The number of carbonyl (C=O) groups is 2. The van der Waals surface area contributed by atoms with Gasteiger partial charge in [0.05, 0.1) is 46.5 Å². The van der Waals surface area contributed by atoms with Crippen molar-refractivity contribution in [3.8, 4) is 0 Å². The average Bonchev–Trinajstić information content (AvgIpc) is 3.27. The maximum absolute atomic E-state index is 13.6. The Labute approximate surface area is 394 Å². The van der Waals surface area contributed by atoms with Crippen LogP contribution in [-0.4, -0.2) is 85.3 Å². The van der Waals surface area contributed by atoms with Gasteiger partial charge in [-0.2, -0.15) is 52.7 Å². The van der Waals surface area contributed by atoms with Crippen LogP contribution in [0.1, 0.15) is 93.4 Å². The number of halogens is 14. The molecule has 0 radical (unpaired) electrons. The molecule has 4 aromatic rings. The molecule has 4 aromatic carbocycles. The molecular formula is C48H50F14N4O4. The van der Waals surface area contributed by atoms with E-state index in [-0.39, 0.29) is 48.6 Å². The van der Waals surface area contributed by atoms with Gasteiger partial charge in [-0.25, -0.2) is 18.4 Å². The minimum Gasteiger partial charge on any atom is -0.381 e. The standard InChI is InChI=1S/2C24H25F7N2O2/c2*1-14-8-18(25)4-5-20(14)21-12-19(35-3)6-7-33(21)22(34)32(2)13-15-9-16(23(26,27)28)11-17(10-15)24(29,30)31/h2*4-5,8-11,19,21H,6-7,12-13H2,1-3H3/t2*19-,21+/m10/s1. The second-order valence-electron chi connectivity index (χ2n) is 17.3. The molecule has 2 saturated heterocycles. The fourth-order valence-corrected chi connectivity index (χ4v) is 8.71. The predicted octanol–water partition coefficient (Wildman–Crippen LogP) is 13.2. The van der Waals surface area contributed by atoms with Crippen LogP contribution in [0, 0.1) is 25.5 Å². The zero-order chi connectivity index (χ0) is 52.3. The van der Waals surface area contributed by atoms with Gasteiger partial charge in [-0.1, -0.05) is 12.1 Å². The van der Waals surface area contributed by atoms with Gasteiger partial charge in [0.2, 0.25) is 0 Å². The first kappa shape index (κ1) is 55.3. The van der Waals surface area contributed by atoms with E-state index in [1.54, 1.807) is 26.0 Å². The lowest BCUT2D eigenvalue weighted by Crippen LogP contribution is -2.48. The third-order valence-corrected chi connectivity index (χ3v) is 12.2. The Bertz CT molecular complexity index is 2240. The maximum Gasteiger partial charge on any atom is 0.416 e. The number of benzene rings is 4. The number of piperidine rings is 2. The monoisotopic (exact) mass is 1010 g/mol. The molecule has 0 bridgehead atoms. The van der Waals surface area contributed by atoms with Crippen LogP contribution < -0.4 is 0 Å². The molecule has 4 atom stereocenters. The highest BCUT2D eigenvalue weighted by atomic mass is 19.4. The van der Waals surface area contributed by atoms with Crippen LogP contribution in [0.3, 0.4) is 0 Å². The number of likely N-dealkylation sites (tertiary alicyclic amines) is 2. The summed E-state index contributed by atoms with van der Waals surface area (Å²) in [6.45, 7) is 2.96. The number of hydrogen-bond donors (Lipinski definition) is 0. The number of ether oxygens (including phenoxy) is 2. The van der Waals surface area contributed by atoms with Crippen LogP contribution in [0.4, 0.5) is 71.1 Å². The lowest BCUT2D eigenvalue weighted by Gasteiger charge is -2.41. The summed E-state index contributed by atoms with van der Waals surface area (Å²) in [4.78, 5) is 31.8. The van der Waals surface area contributed by atoms with E-state index in [4.69, 9.17) is 9.47 Å². The van der Waals surface area contributed by atoms with Gasteiger partial charge in [-0.15, -0.1) is 0 Å². The van der Waals surface area contributed by atoms with E-state index in [0.29, 0.717) is 72.2 Å². The zero-order valence-electron chi connectivity index (χ0n) is 38.6. The number of urea groups is 2. The summed E-state index contributed by atoms with van der Waals surface area (Å²) in [5.41, 5.74) is -3.77. The summed E-state index contributed by atoms with van der Waals surface area (Å²) in [6, 6.07) is 8.73. The molecule has 0 unspecified atom stereocenters. The lowest BCUT2D eigenvalue weighted by atomic mass is 9.90. The molecule has 2 aliphatic heterocycles. The highest BCUT2D eigenvalue weighted by molar-refractivity contribution is 5.76. The number of hydrogen-bond acceptors (Lipinski definition) is 4. The summed E-state index contributed by atoms with van der Waals surface area (Å²) in [5, 5.41) is 0. The minimum absolute atomic E-state index is 0.0498.